The van der Waals surface area contributed by atoms with Crippen molar-refractivity contribution < 1.29 is 21.6 Å². The number of benzene rings is 1. The Bertz CT molecular complexity index is 685. The van der Waals surface area contributed by atoms with Gasteiger partial charge in [-0.05, 0) is 30.3 Å². The second-order valence-corrected chi connectivity index (χ2v) is 5.40. The highest BCUT2D eigenvalue weighted by atomic mass is 32.2. The summed E-state index contributed by atoms with van der Waals surface area (Å²) in [7, 11) is -3.98. The molecule has 0 aliphatic rings. The lowest BCUT2D eigenvalue weighted by atomic mass is 10.2. The first-order valence-electron chi connectivity index (χ1n) is 5.25. The molecule has 2 aromatic rings. The fourth-order valence-corrected chi connectivity index (χ4v) is 2.38. The lowest BCUT2D eigenvalue weighted by Crippen LogP contribution is -2.14. The predicted molar refractivity (Wildman–Crippen MR) is 64.3 cm³/mol. The van der Waals surface area contributed by atoms with E-state index in [2.05, 4.69) is 14.7 Å². The van der Waals surface area contributed by atoms with Crippen LogP contribution >= 0.6 is 0 Å². The average molecular weight is 303 g/mol. The van der Waals surface area contributed by atoms with Gasteiger partial charge >= 0.3 is 6.18 Å². The van der Waals surface area contributed by atoms with Gasteiger partial charge in [-0.1, -0.05) is 0 Å². The molecule has 0 saturated heterocycles. The van der Waals surface area contributed by atoms with Crippen molar-refractivity contribution in [3.8, 4) is 0 Å². The van der Waals surface area contributed by atoms with Crippen LogP contribution in [0.3, 0.4) is 0 Å². The van der Waals surface area contributed by atoms with Crippen LogP contribution in [0.1, 0.15) is 5.56 Å². The molecule has 1 heterocycles. The standard InChI is InChI=1S/C11H8F3N3O2S/c12-11(13,14)8-1-3-9(4-2-8)20(18,19)17-10-5-6-15-7-16-10/h1-7H,(H,15,16,17). The number of rotatable bonds is 3. The zero-order valence-electron chi connectivity index (χ0n) is 9.79. The fraction of sp³-hybridized carbons (Fsp3) is 0.0909. The van der Waals surface area contributed by atoms with E-state index in [9.17, 15) is 21.6 Å². The maximum Gasteiger partial charge on any atom is 0.416 e. The molecular formula is C11H8F3N3O2S. The summed E-state index contributed by atoms with van der Waals surface area (Å²) in [6.07, 6.45) is -2.04. The largest absolute Gasteiger partial charge is 0.416 e. The van der Waals surface area contributed by atoms with Crippen molar-refractivity contribution in [2.24, 2.45) is 0 Å². The minimum atomic E-state index is -4.51. The molecule has 0 aliphatic heterocycles. The summed E-state index contributed by atoms with van der Waals surface area (Å²) in [5.74, 6) is 0.0277. The molecule has 1 aromatic carbocycles. The van der Waals surface area contributed by atoms with E-state index >= 15 is 0 Å². The summed E-state index contributed by atoms with van der Waals surface area (Å²) < 4.78 is 63.1. The van der Waals surface area contributed by atoms with E-state index in [1.807, 2.05) is 0 Å². The predicted octanol–water partition coefficient (Wildman–Crippen LogP) is 2.30. The normalized spacial score (nSPS) is 12.2. The molecule has 20 heavy (non-hydrogen) atoms. The van der Waals surface area contributed by atoms with E-state index in [-0.39, 0.29) is 10.7 Å². The SMILES string of the molecule is O=S(=O)(Nc1ccncn1)c1ccc(C(F)(F)F)cc1. The molecule has 0 spiro atoms. The zero-order chi connectivity index (χ0) is 14.8. The van der Waals surface area contributed by atoms with Gasteiger partial charge in [0.05, 0.1) is 10.5 Å². The van der Waals surface area contributed by atoms with Crippen molar-refractivity contribution >= 4 is 15.8 Å². The van der Waals surface area contributed by atoms with Crippen LogP contribution < -0.4 is 4.72 Å². The molecule has 0 saturated carbocycles. The van der Waals surface area contributed by atoms with Crippen LogP contribution in [0, 0.1) is 0 Å². The van der Waals surface area contributed by atoms with Gasteiger partial charge in [-0.3, -0.25) is 4.72 Å². The lowest BCUT2D eigenvalue weighted by molar-refractivity contribution is -0.137. The van der Waals surface area contributed by atoms with Crippen LogP contribution in [0.5, 0.6) is 0 Å². The van der Waals surface area contributed by atoms with Crippen LogP contribution in [-0.4, -0.2) is 18.4 Å². The molecule has 0 atom stereocenters. The molecule has 0 fully saturated rings. The number of halogens is 3. The Morgan fingerprint density at radius 1 is 1.05 bits per heavy atom. The van der Waals surface area contributed by atoms with E-state index < -0.39 is 21.8 Å². The first-order chi connectivity index (χ1) is 9.29. The van der Waals surface area contributed by atoms with E-state index in [1.54, 1.807) is 0 Å². The van der Waals surface area contributed by atoms with Crippen molar-refractivity contribution in [1.82, 2.24) is 9.97 Å². The summed E-state index contributed by atoms with van der Waals surface area (Å²) in [5.41, 5.74) is -0.918. The molecular weight excluding hydrogens is 295 g/mol. The number of aromatic nitrogens is 2. The van der Waals surface area contributed by atoms with Gasteiger partial charge in [-0.15, -0.1) is 0 Å². The number of hydrogen-bond donors (Lipinski definition) is 1. The Labute approximate surface area is 112 Å². The van der Waals surface area contributed by atoms with Gasteiger partial charge in [0.25, 0.3) is 10.0 Å². The fourth-order valence-electron chi connectivity index (χ4n) is 1.37. The molecule has 1 N–H and O–H groups in total. The van der Waals surface area contributed by atoms with E-state index in [0.29, 0.717) is 12.1 Å². The van der Waals surface area contributed by atoms with Gasteiger partial charge in [-0.25, -0.2) is 18.4 Å². The first-order valence-corrected chi connectivity index (χ1v) is 6.73. The van der Waals surface area contributed by atoms with Gasteiger partial charge in [0.1, 0.15) is 12.1 Å². The number of sulfonamides is 1. The molecule has 0 bridgehead atoms. The van der Waals surface area contributed by atoms with Crippen molar-refractivity contribution in [1.29, 1.82) is 0 Å². The lowest BCUT2D eigenvalue weighted by Gasteiger charge is -2.09. The van der Waals surface area contributed by atoms with Gasteiger partial charge in [-0.2, -0.15) is 13.2 Å². The molecule has 2 rings (SSSR count). The van der Waals surface area contributed by atoms with Crippen molar-refractivity contribution in [2.45, 2.75) is 11.1 Å². The Hall–Kier alpha value is -2.16. The zero-order valence-corrected chi connectivity index (χ0v) is 10.6. The molecule has 106 valence electrons. The van der Waals surface area contributed by atoms with E-state index in [4.69, 9.17) is 0 Å². The monoisotopic (exact) mass is 303 g/mol. The van der Waals surface area contributed by atoms with Gasteiger partial charge < -0.3 is 0 Å². The molecule has 0 amide bonds. The minimum Gasteiger partial charge on any atom is -0.263 e. The maximum atomic E-state index is 12.4. The molecule has 1 aromatic heterocycles. The van der Waals surface area contributed by atoms with E-state index in [0.717, 1.165) is 18.5 Å². The Morgan fingerprint density at radius 3 is 2.20 bits per heavy atom. The van der Waals surface area contributed by atoms with Gasteiger partial charge in [0.15, 0.2) is 0 Å². The second-order valence-electron chi connectivity index (χ2n) is 3.72. The van der Waals surface area contributed by atoms with E-state index in [1.165, 1.54) is 12.3 Å². The number of nitrogens with zero attached hydrogens (tertiary/aromatic N) is 2. The summed E-state index contributed by atoms with van der Waals surface area (Å²) >= 11 is 0. The summed E-state index contributed by atoms with van der Waals surface area (Å²) in [5, 5.41) is 0. The summed E-state index contributed by atoms with van der Waals surface area (Å²) in [6.45, 7) is 0. The van der Waals surface area contributed by atoms with Crippen molar-refractivity contribution in [2.75, 3.05) is 4.72 Å². The Kier molecular flexibility index (Phi) is 3.62. The van der Waals surface area contributed by atoms with Gasteiger partial charge in [0.2, 0.25) is 0 Å². The highest BCUT2D eigenvalue weighted by Crippen LogP contribution is 2.29. The number of alkyl halides is 3. The summed E-state index contributed by atoms with van der Waals surface area (Å²) in [4.78, 5) is 6.99. The van der Waals surface area contributed by atoms with Crippen LogP contribution in [0.25, 0.3) is 0 Å². The molecule has 0 radical (unpaired) electrons. The second kappa shape index (κ2) is 5.08. The number of hydrogen-bond acceptors (Lipinski definition) is 4. The third-order valence-electron chi connectivity index (χ3n) is 2.31. The van der Waals surface area contributed by atoms with Gasteiger partial charge in [0, 0.05) is 6.20 Å². The molecule has 5 nitrogen and oxygen atoms in total. The summed E-state index contributed by atoms with van der Waals surface area (Å²) in [6, 6.07) is 4.49. The highest BCUT2D eigenvalue weighted by molar-refractivity contribution is 7.92. The number of anilines is 1. The Morgan fingerprint density at radius 2 is 1.70 bits per heavy atom. The minimum absolute atomic E-state index is 0.0277. The van der Waals surface area contributed by atoms with Crippen molar-refractivity contribution in [3.63, 3.8) is 0 Å². The quantitative estimate of drug-likeness (QED) is 0.944. The number of nitrogens with one attached hydrogen (secondary N) is 1. The van der Waals surface area contributed by atoms with Crippen LogP contribution in [0.15, 0.2) is 47.8 Å². The first kappa shape index (κ1) is 14.3. The van der Waals surface area contributed by atoms with Crippen LogP contribution in [0.4, 0.5) is 19.0 Å². The topological polar surface area (TPSA) is 72.0 Å². The highest BCUT2D eigenvalue weighted by Gasteiger charge is 2.30. The smallest absolute Gasteiger partial charge is 0.263 e. The Balaban J connectivity index is 2.27. The third-order valence-corrected chi connectivity index (χ3v) is 3.68. The third kappa shape index (κ3) is 3.23. The van der Waals surface area contributed by atoms with Crippen LogP contribution in [0.2, 0.25) is 0 Å². The van der Waals surface area contributed by atoms with Crippen molar-refractivity contribution in [3.05, 3.63) is 48.4 Å². The molecule has 0 unspecified atom stereocenters. The maximum absolute atomic E-state index is 12.4. The molecule has 0 aliphatic carbocycles. The molecule has 9 heteroatoms. The van der Waals surface area contributed by atoms with Crippen LogP contribution in [-0.2, 0) is 16.2 Å². The average Bonchev–Trinajstić information content (AvgIpc) is 2.38.